The van der Waals surface area contributed by atoms with Gasteiger partial charge in [0, 0.05) is 6.04 Å². The topological polar surface area (TPSA) is 32.3 Å². The Bertz CT molecular complexity index is 364. The first kappa shape index (κ1) is 13.4. The standard InChI is InChI=1S/C16H25NO/c1-2-17-16-10-5-3-4-8-14(16)11-13-7-6-9-15(18)12-13/h6-7,9,12,14,16-18H,2-5,8,10-11H2,1H3. The summed E-state index contributed by atoms with van der Waals surface area (Å²) >= 11 is 0. The Balaban J connectivity index is 2.03. The largest absolute Gasteiger partial charge is 0.508 e. The monoisotopic (exact) mass is 247 g/mol. The molecule has 1 aliphatic rings. The molecule has 2 N–H and O–H groups in total. The van der Waals surface area contributed by atoms with Crippen LogP contribution in [0, 0.1) is 5.92 Å². The highest BCUT2D eigenvalue weighted by molar-refractivity contribution is 5.27. The van der Waals surface area contributed by atoms with Gasteiger partial charge < -0.3 is 10.4 Å². The van der Waals surface area contributed by atoms with Gasteiger partial charge in [-0.2, -0.15) is 0 Å². The van der Waals surface area contributed by atoms with E-state index in [0.717, 1.165) is 13.0 Å². The minimum atomic E-state index is 0.390. The van der Waals surface area contributed by atoms with Gasteiger partial charge in [0.1, 0.15) is 5.75 Å². The third-order valence-electron chi connectivity index (χ3n) is 4.03. The molecule has 1 aliphatic carbocycles. The van der Waals surface area contributed by atoms with Gasteiger partial charge in [0.05, 0.1) is 0 Å². The maximum absolute atomic E-state index is 9.55. The van der Waals surface area contributed by atoms with E-state index >= 15 is 0 Å². The van der Waals surface area contributed by atoms with Crippen LogP contribution in [0.5, 0.6) is 5.75 Å². The molecule has 2 atom stereocenters. The number of hydrogen-bond donors (Lipinski definition) is 2. The molecule has 0 spiro atoms. The van der Waals surface area contributed by atoms with Crippen LogP contribution in [0.2, 0.25) is 0 Å². The van der Waals surface area contributed by atoms with Gasteiger partial charge in [-0.25, -0.2) is 0 Å². The molecule has 2 nitrogen and oxygen atoms in total. The van der Waals surface area contributed by atoms with Gasteiger partial charge in [-0.15, -0.1) is 0 Å². The van der Waals surface area contributed by atoms with E-state index in [0.29, 0.717) is 17.7 Å². The van der Waals surface area contributed by atoms with E-state index < -0.39 is 0 Å². The highest BCUT2D eigenvalue weighted by atomic mass is 16.3. The summed E-state index contributed by atoms with van der Waals surface area (Å²) in [5.41, 5.74) is 1.27. The van der Waals surface area contributed by atoms with E-state index in [-0.39, 0.29) is 0 Å². The van der Waals surface area contributed by atoms with Gasteiger partial charge in [-0.05, 0) is 49.4 Å². The molecular weight excluding hydrogens is 222 g/mol. The molecule has 0 heterocycles. The predicted octanol–water partition coefficient (Wildman–Crippen LogP) is 3.49. The summed E-state index contributed by atoms with van der Waals surface area (Å²) in [5.74, 6) is 1.11. The molecule has 0 aromatic heterocycles. The SMILES string of the molecule is CCNC1CCCCCC1Cc1cccc(O)c1. The summed E-state index contributed by atoms with van der Waals surface area (Å²) in [7, 11) is 0. The zero-order chi connectivity index (χ0) is 12.8. The summed E-state index contributed by atoms with van der Waals surface area (Å²) in [6, 6.07) is 8.39. The fourth-order valence-corrected chi connectivity index (χ4v) is 3.15. The van der Waals surface area contributed by atoms with Crippen molar-refractivity contribution in [3.05, 3.63) is 29.8 Å². The first-order chi connectivity index (χ1) is 8.79. The maximum atomic E-state index is 9.55. The van der Waals surface area contributed by atoms with Gasteiger partial charge in [0.2, 0.25) is 0 Å². The van der Waals surface area contributed by atoms with Crippen molar-refractivity contribution in [3.8, 4) is 5.75 Å². The van der Waals surface area contributed by atoms with Crippen LogP contribution >= 0.6 is 0 Å². The van der Waals surface area contributed by atoms with Gasteiger partial charge in [0.25, 0.3) is 0 Å². The molecule has 0 saturated heterocycles. The zero-order valence-electron chi connectivity index (χ0n) is 11.4. The van der Waals surface area contributed by atoms with Crippen molar-refractivity contribution in [2.45, 2.75) is 51.5 Å². The average molecular weight is 247 g/mol. The minimum Gasteiger partial charge on any atom is -0.508 e. The average Bonchev–Trinajstić information content (AvgIpc) is 2.56. The lowest BCUT2D eigenvalue weighted by molar-refractivity contribution is 0.337. The number of aromatic hydroxyl groups is 1. The molecular formula is C16H25NO. The number of phenolic OH excluding ortho intramolecular Hbond substituents is 1. The molecule has 2 heteroatoms. The Morgan fingerprint density at radius 2 is 2.06 bits per heavy atom. The Hall–Kier alpha value is -1.02. The third-order valence-corrected chi connectivity index (χ3v) is 4.03. The third kappa shape index (κ3) is 3.74. The fourth-order valence-electron chi connectivity index (χ4n) is 3.15. The quantitative estimate of drug-likeness (QED) is 0.798. The van der Waals surface area contributed by atoms with Crippen molar-refractivity contribution in [3.63, 3.8) is 0 Å². The number of hydrogen-bond acceptors (Lipinski definition) is 2. The van der Waals surface area contributed by atoms with Crippen LogP contribution in [0.4, 0.5) is 0 Å². The van der Waals surface area contributed by atoms with E-state index in [1.54, 1.807) is 6.07 Å². The molecule has 1 aromatic carbocycles. The van der Waals surface area contributed by atoms with E-state index in [9.17, 15) is 5.11 Å². The van der Waals surface area contributed by atoms with E-state index in [4.69, 9.17) is 0 Å². The summed E-state index contributed by atoms with van der Waals surface area (Å²) in [5, 5.41) is 13.2. The molecule has 18 heavy (non-hydrogen) atoms. The molecule has 1 fully saturated rings. The second kappa shape index (κ2) is 6.79. The zero-order valence-corrected chi connectivity index (χ0v) is 11.4. The molecule has 0 radical (unpaired) electrons. The molecule has 100 valence electrons. The highest BCUT2D eigenvalue weighted by Gasteiger charge is 2.23. The Labute approximate surface area is 110 Å². The van der Waals surface area contributed by atoms with E-state index in [1.807, 2.05) is 12.1 Å². The van der Waals surface area contributed by atoms with Crippen molar-refractivity contribution >= 4 is 0 Å². The minimum absolute atomic E-state index is 0.390. The summed E-state index contributed by atoms with van der Waals surface area (Å²) in [6.07, 6.45) is 7.79. The number of rotatable bonds is 4. The normalized spacial score (nSPS) is 24.7. The van der Waals surface area contributed by atoms with Crippen LogP contribution in [0.3, 0.4) is 0 Å². The Morgan fingerprint density at radius 3 is 2.83 bits per heavy atom. The molecule has 0 amide bonds. The van der Waals surface area contributed by atoms with Crippen LogP contribution in [0.25, 0.3) is 0 Å². The van der Waals surface area contributed by atoms with Crippen molar-refractivity contribution < 1.29 is 5.11 Å². The van der Waals surface area contributed by atoms with E-state index in [1.165, 1.54) is 37.7 Å². The number of benzene rings is 1. The van der Waals surface area contributed by atoms with Crippen LogP contribution < -0.4 is 5.32 Å². The van der Waals surface area contributed by atoms with E-state index in [2.05, 4.69) is 18.3 Å². The second-order valence-electron chi connectivity index (χ2n) is 5.44. The lowest BCUT2D eigenvalue weighted by Gasteiger charge is -2.26. The first-order valence-corrected chi connectivity index (χ1v) is 7.31. The van der Waals surface area contributed by atoms with Crippen LogP contribution in [0.15, 0.2) is 24.3 Å². The summed E-state index contributed by atoms with van der Waals surface area (Å²) in [6.45, 7) is 3.25. The fraction of sp³-hybridized carbons (Fsp3) is 0.625. The van der Waals surface area contributed by atoms with Gasteiger partial charge in [-0.3, -0.25) is 0 Å². The van der Waals surface area contributed by atoms with Gasteiger partial charge in [0.15, 0.2) is 0 Å². The first-order valence-electron chi connectivity index (χ1n) is 7.31. The van der Waals surface area contributed by atoms with Crippen molar-refractivity contribution in [1.82, 2.24) is 5.32 Å². The smallest absolute Gasteiger partial charge is 0.115 e. The lowest BCUT2D eigenvalue weighted by Crippen LogP contribution is -2.36. The maximum Gasteiger partial charge on any atom is 0.115 e. The summed E-state index contributed by atoms with van der Waals surface area (Å²) < 4.78 is 0. The molecule has 0 bridgehead atoms. The summed E-state index contributed by atoms with van der Waals surface area (Å²) in [4.78, 5) is 0. The molecule has 1 saturated carbocycles. The molecule has 1 aromatic rings. The molecule has 2 unspecified atom stereocenters. The molecule has 2 rings (SSSR count). The van der Waals surface area contributed by atoms with Gasteiger partial charge in [-0.1, -0.05) is 38.3 Å². The molecule has 0 aliphatic heterocycles. The highest BCUT2D eigenvalue weighted by Crippen LogP contribution is 2.27. The van der Waals surface area contributed by atoms with Crippen molar-refractivity contribution in [1.29, 1.82) is 0 Å². The Kier molecular flexibility index (Phi) is 5.06. The predicted molar refractivity (Wildman–Crippen MR) is 75.9 cm³/mol. The lowest BCUT2D eigenvalue weighted by atomic mass is 9.88. The van der Waals surface area contributed by atoms with Crippen molar-refractivity contribution in [2.75, 3.05) is 6.54 Å². The number of nitrogens with one attached hydrogen (secondary N) is 1. The van der Waals surface area contributed by atoms with Crippen LogP contribution in [0.1, 0.15) is 44.6 Å². The van der Waals surface area contributed by atoms with Crippen molar-refractivity contribution in [2.24, 2.45) is 5.92 Å². The second-order valence-corrected chi connectivity index (χ2v) is 5.44. The Morgan fingerprint density at radius 1 is 1.22 bits per heavy atom. The number of phenols is 1. The van der Waals surface area contributed by atoms with Gasteiger partial charge >= 0.3 is 0 Å². The van der Waals surface area contributed by atoms with Crippen LogP contribution in [-0.4, -0.2) is 17.7 Å². The van der Waals surface area contributed by atoms with Crippen LogP contribution in [-0.2, 0) is 6.42 Å².